The van der Waals surface area contributed by atoms with Crippen LogP contribution in [0.5, 0.6) is 5.75 Å². The van der Waals surface area contributed by atoms with Crippen molar-refractivity contribution >= 4 is 56.3 Å². The molecule has 1 aliphatic rings. The van der Waals surface area contributed by atoms with Crippen molar-refractivity contribution in [3.63, 3.8) is 0 Å². The molecule has 1 aliphatic heterocycles. The summed E-state index contributed by atoms with van der Waals surface area (Å²) in [6, 6.07) is 12.9. The first-order valence-corrected chi connectivity index (χ1v) is 11.7. The van der Waals surface area contributed by atoms with Crippen molar-refractivity contribution in [3.8, 4) is 5.75 Å². The zero-order chi connectivity index (χ0) is 22.6. The lowest BCUT2D eigenvalue weighted by Crippen LogP contribution is -2.44. The van der Waals surface area contributed by atoms with Gasteiger partial charge in [0.1, 0.15) is 5.75 Å². The molecule has 0 aromatic heterocycles. The fourth-order valence-corrected chi connectivity index (χ4v) is 4.85. The Hall–Kier alpha value is -2.73. The minimum absolute atomic E-state index is 0.0156. The van der Waals surface area contributed by atoms with Gasteiger partial charge in [0.25, 0.3) is 15.9 Å². The molecule has 0 aliphatic carbocycles. The van der Waals surface area contributed by atoms with E-state index in [1.54, 1.807) is 42.5 Å². The highest BCUT2D eigenvalue weighted by molar-refractivity contribution is 8.26. The number of benzene rings is 2. The van der Waals surface area contributed by atoms with Crippen molar-refractivity contribution in [2.45, 2.75) is 18.2 Å². The number of nitrogens with one attached hydrogen (secondary N) is 1. The van der Waals surface area contributed by atoms with E-state index in [-0.39, 0.29) is 27.1 Å². The molecule has 0 saturated carbocycles. The highest BCUT2D eigenvalue weighted by Gasteiger charge is 2.35. The molecule has 1 amide bonds. The number of carboxylic acid groups (broad SMARTS) is 1. The quantitative estimate of drug-likeness (QED) is 0.440. The first-order chi connectivity index (χ1) is 14.7. The zero-order valence-electron chi connectivity index (χ0n) is 16.3. The van der Waals surface area contributed by atoms with Gasteiger partial charge in [-0.1, -0.05) is 53.8 Å². The van der Waals surface area contributed by atoms with E-state index in [1.807, 2.05) is 6.92 Å². The van der Waals surface area contributed by atoms with Crippen molar-refractivity contribution in [2.75, 3.05) is 6.61 Å². The van der Waals surface area contributed by atoms with Gasteiger partial charge < -0.3 is 9.84 Å². The van der Waals surface area contributed by atoms with E-state index in [1.165, 1.54) is 12.1 Å². The van der Waals surface area contributed by atoms with Crippen LogP contribution in [0.1, 0.15) is 17.5 Å². The Kier molecular flexibility index (Phi) is 7.11. The summed E-state index contributed by atoms with van der Waals surface area (Å²) in [7, 11) is -3.99. The van der Waals surface area contributed by atoms with Gasteiger partial charge in [-0.15, -0.1) is 4.83 Å². The normalized spacial score (nSPS) is 15.5. The monoisotopic (exact) mass is 478 g/mol. The molecule has 3 rings (SSSR count). The molecule has 8 nitrogen and oxygen atoms in total. The van der Waals surface area contributed by atoms with E-state index in [0.29, 0.717) is 11.3 Å². The third-order valence-electron chi connectivity index (χ3n) is 4.08. The summed E-state index contributed by atoms with van der Waals surface area (Å²) in [5, 5.41) is 9.51. The van der Waals surface area contributed by atoms with Crippen LogP contribution < -0.4 is 9.57 Å². The van der Waals surface area contributed by atoms with Crippen LogP contribution in [0.2, 0.25) is 0 Å². The maximum atomic E-state index is 12.7. The molecule has 0 atom stereocenters. The third-order valence-corrected chi connectivity index (χ3v) is 6.69. The molecule has 2 N–H and O–H groups in total. The van der Waals surface area contributed by atoms with Crippen LogP contribution in [0.25, 0.3) is 6.08 Å². The molecule has 31 heavy (non-hydrogen) atoms. The Labute approximate surface area is 188 Å². The Balaban J connectivity index is 1.74. The zero-order valence-corrected chi connectivity index (χ0v) is 18.7. The minimum atomic E-state index is -3.99. The number of aliphatic carboxylic acids is 1. The van der Waals surface area contributed by atoms with Gasteiger partial charge in [0.05, 0.1) is 22.8 Å². The van der Waals surface area contributed by atoms with Crippen molar-refractivity contribution in [1.29, 1.82) is 0 Å². The lowest BCUT2D eigenvalue weighted by atomic mass is 10.2. The van der Waals surface area contributed by atoms with Crippen LogP contribution in [0, 0.1) is 6.92 Å². The van der Waals surface area contributed by atoms with E-state index >= 15 is 0 Å². The minimum Gasteiger partial charge on any atom is -0.493 e. The first-order valence-electron chi connectivity index (χ1n) is 8.97. The summed E-state index contributed by atoms with van der Waals surface area (Å²) in [6.07, 6.45) is 1.42. The predicted octanol–water partition coefficient (Wildman–Crippen LogP) is 2.94. The maximum Gasteiger partial charge on any atom is 0.306 e. The molecule has 11 heteroatoms. The number of carboxylic acids is 1. The summed E-state index contributed by atoms with van der Waals surface area (Å²) >= 11 is 6.14. The Morgan fingerprint density at radius 1 is 1.26 bits per heavy atom. The van der Waals surface area contributed by atoms with Gasteiger partial charge in [0, 0.05) is 0 Å². The largest absolute Gasteiger partial charge is 0.493 e. The number of thioether (sulfide) groups is 1. The number of hydrogen-bond acceptors (Lipinski definition) is 7. The van der Waals surface area contributed by atoms with Gasteiger partial charge in [-0.3, -0.25) is 9.59 Å². The molecule has 0 radical (unpaired) electrons. The van der Waals surface area contributed by atoms with Gasteiger partial charge in [0.2, 0.25) is 0 Å². The second kappa shape index (κ2) is 9.60. The number of rotatable bonds is 8. The number of ether oxygens (including phenoxy) is 1. The van der Waals surface area contributed by atoms with Crippen molar-refractivity contribution in [2.24, 2.45) is 0 Å². The van der Waals surface area contributed by atoms with E-state index in [4.69, 9.17) is 22.1 Å². The number of sulfonamides is 1. The molecule has 1 heterocycles. The number of carbonyl (C=O) groups is 2. The van der Waals surface area contributed by atoms with Crippen LogP contribution in [0.3, 0.4) is 0 Å². The summed E-state index contributed by atoms with van der Waals surface area (Å²) in [4.78, 5) is 25.8. The van der Waals surface area contributed by atoms with E-state index in [9.17, 15) is 18.0 Å². The number of carbonyl (C=O) groups excluding carboxylic acids is 1. The summed E-state index contributed by atoms with van der Waals surface area (Å²) < 4.78 is 30.6. The SMILES string of the molecule is Cc1ccc(S(=O)(=O)NN2C(=O)/C(=C\c3cccc(OCCC(=O)O)c3)SC2=S)cc1. The van der Waals surface area contributed by atoms with Gasteiger partial charge in [-0.05, 0) is 42.8 Å². The summed E-state index contributed by atoms with van der Waals surface area (Å²) in [5.41, 5.74) is 1.52. The van der Waals surface area contributed by atoms with Crippen LogP contribution in [-0.2, 0) is 19.6 Å². The summed E-state index contributed by atoms with van der Waals surface area (Å²) in [5.74, 6) is -1.11. The van der Waals surface area contributed by atoms with E-state index in [2.05, 4.69) is 4.83 Å². The number of nitrogens with zero attached hydrogens (tertiary/aromatic N) is 1. The molecule has 162 valence electrons. The molecule has 2 aromatic carbocycles. The topological polar surface area (TPSA) is 113 Å². The highest BCUT2D eigenvalue weighted by atomic mass is 32.2. The number of hydrogen-bond donors (Lipinski definition) is 2. The first kappa shape index (κ1) is 22.9. The fourth-order valence-electron chi connectivity index (χ4n) is 2.54. The van der Waals surface area contributed by atoms with Crippen LogP contribution in [0.15, 0.2) is 58.3 Å². The van der Waals surface area contributed by atoms with E-state index in [0.717, 1.165) is 22.3 Å². The lowest BCUT2D eigenvalue weighted by molar-refractivity contribution is -0.137. The molecule has 2 aromatic rings. The molecular formula is C20H18N2O6S3. The molecule has 0 unspecified atom stereocenters. The summed E-state index contributed by atoms with van der Waals surface area (Å²) in [6.45, 7) is 1.85. The third kappa shape index (κ3) is 5.91. The average Bonchev–Trinajstić information content (AvgIpc) is 2.95. The van der Waals surface area contributed by atoms with Gasteiger partial charge in [0.15, 0.2) is 4.32 Å². The Morgan fingerprint density at radius 2 is 1.97 bits per heavy atom. The van der Waals surface area contributed by atoms with Gasteiger partial charge in [-0.2, -0.15) is 0 Å². The molecular weight excluding hydrogens is 460 g/mol. The predicted molar refractivity (Wildman–Crippen MR) is 121 cm³/mol. The maximum absolute atomic E-state index is 12.7. The number of thiocarbonyl (C=S) groups is 1. The van der Waals surface area contributed by atoms with E-state index < -0.39 is 21.9 Å². The van der Waals surface area contributed by atoms with Crippen LogP contribution in [0.4, 0.5) is 0 Å². The molecule has 0 bridgehead atoms. The average molecular weight is 479 g/mol. The second-order valence-corrected chi connectivity index (χ2v) is 9.83. The number of amides is 1. The smallest absolute Gasteiger partial charge is 0.306 e. The number of hydrazine groups is 1. The molecule has 0 spiro atoms. The van der Waals surface area contributed by atoms with Crippen molar-refractivity contribution < 1.29 is 27.9 Å². The van der Waals surface area contributed by atoms with Crippen LogP contribution >= 0.6 is 24.0 Å². The number of aryl methyl sites for hydroxylation is 1. The van der Waals surface area contributed by atoms with Gasteiger partial charge in [-0.25, -0.2) is 13.4 Å². The fraction of sp³-hybridized carbons (Fsp3) is 0.150. The molecule has 1 saturated heterocycles. The molecule has 1 fully saturated rings. The van der Waals surface area contributed by atoms with Crippen molar-refractivity contribution in [1.82, 2.24) is 9.84 Å². The second-order valence-electron chi connectivity index (χ2n) is 6.49. The van der Waals surface area contributed by atoms with Gasteiger partial charge >= 0.3 is 5.97 Å². The Bertz CT molecular complexity index is 1160. The van der Waals surface area contributed by atoms with Crippen molar-refractivity contribution in [3.05, 3.63) is 64.6 Å². The van der Waals surface area contributed by atoms with Crippen LogP contribution in [-0.4, -0.2) is 41.3 Å². The lowest BCUT2D eigenvalue weighted by Gasteiger charge is -2.16. The standard InChI is InChI=1S/C20H18N2O6S3/c1-13-5-7-16(8-6-13)31(26,27)21-22-19(25)17(30-20(22)29)12-14-3-2-4-15(11-14)28-10-9-18(23)24/h2-8,11-12,21H,9-10H2,1H3,(H,23,24)/b17-12+. The highest BCUT2D eigenvalue weighted by Crippen LogP contribution is 2.32. The Morgan fingerprint density at radius 3 is 2.65 bits per heavy atom.